The predicted octanol–water partition coefficient (Wildman–Crippen LogP) is 4.14. The molecule has 1 N–H and O–H groups in total. The van der Waals surface area contributed by atoms with E-state index in [1.807, 2.05) is 24.3 Å². The largest absolute Gasteiger partial charge is 0.341 e. The molecule has 0 unspecified atom stereocenters. The highest BCUT2D eigenvalue weighted by Crippen LogP contribution is 2.37. The van der Waals surface area contributed by atoms with Gasteiger partial charge in [0, 0.05) is 43.6 Å². The summed E-state index contributed by atoms with van der Waals surface area (Å²) in [6.45, 7) is 0.918. The maximum atomic E-state index is 13.0. The smallest absolute Gasteiger partial charge is 0.328 e. The topological polar surface area (TPSA) is 76.3 Å². The molecule has 0 saturated carbocycles. The van der Waals surface area contributed by atoms with Gasteiger partial charge >= 0.3 is 5.69 Å². The summed E-state index contributed by atoms with van der Waals surface area (Å²) in [5.41, 5.74) is 5.77. The Kier molecular flexibility index (Phi) is 6.21. The van der Waals surface area contributed by atoms with Crippen molar-refractivity contribution in [2.24, 2.45) is 14.1 Å². The van der Waals surface area contributed by atoms with Crippen LogP contribution < -0.4 is 15.3 Å². The lowest BCUT2D eigenvalue weighted by atomic mass is 10.0. The number of nitrogens with one attached hydrogen (secondary N) is 1. The van der Waals surface area contributed by atoms with E-state index in [1.165, 1.54) is 26.3 Å². The molecule has 9 heteroatoms. The second kappa shape index (κ2) is 9.18. The van der Waals surface area contributed by atoms with Gasteiger partial charge in [-0.05, 0) is 66.8 Å². The molecule has 0 atom stereocenters. The number of aryl methyl sites for hydroxylation is 4. The third-order valence-corrected chi connectivity index (χ3v) is 8.38. The number of fused-ring (bicyclic) bond motifs is 3. The van der Waals surface area contributed by atoms with Crippen LogP contribution in [0.5, 0.6) is 0 Å². The van der Waals surface area contributed by atoms with Crippen LogP contribution in [0, 0.1) is 0 Å². The first kappa shape index (κ1) is 23.7. The molecular formula is C26H27ClN4O3S. The van der Waals surface area contributed by atoms with Gasteiger partial charge in [0.15, 0.2) is 0 Å². The number of hydrogen-bond donors (Lipinski definition) is 1. The highest BCUT2D eigenvalue weighted by atomic mass is 35.5. The lowest BCUT2D eigenvalue weighted by molar-refractivity contribution is 0.579. The molecule has 0 bridgehead atoms. The van der Waals surface area contributed by atoms with Crippen molar-refractivity contribution in [3.63, 3.8) is 0 Å². The Labute approximate surface area is 209 Å². The van der Waals surface area contributed by atoms with Crippen molar-refractivity contribution in [2.75, 3.05) is 18.0 Å². The standard InChI is InChI=1S/C26H27ClN4O3S/c1-29-23-13-12-21(17-25(23)30(2)26(29)32)35(33,34)28-14-5-15-31-22-7-4-3-6-18(22)8-9-19-10-11-20(27)16-24(19)31/h3-4,6-7,10-13,16-17,28H,5,8-9,14-15H2,1-2H3. The Morgan fingerprint density at radius 2 is 1.60 bits per heavy atom. The monoisotopic (exact) mass is 510 g/mol. The van der Waals surface area contributed by atoms with E-state index in [-0.39, 0.29) is 17.1 Å². The van der Waals surface area contributed by atoms with Crippen molar-refractivity contribution in [1.29, 1.82) is 0 Å². The quantitative estimate of drug-likeness (QED) is 0.396. The zero-order valence-electron chi connectivity index (χ0n) is 19.7. The second-order valence-corrected chi connectivity index (χ2v) is 11.1. The molecule has 0 fully saturated rings. The zero-order valence-corrected chi connectivity index (χ0v) is 21.2. The maximum absolute atomic E-state index is 13.0. The molecule has 35 heavy (non-hydrogen) atoms. The van der Waals surface area contributed by atoms with Gasteiger partial charge in [-0.25, -0.2) is 17.9 Å². The van der Waals surface area contributed by atoms with Gasteiger partial charge in [-0.2, -0.15) is 0 Å². The molecule has 0 radical (unpaired) electrons. The number of hydrogen-bond acceptors (Lipinski definition) is 4. The van der Waals surface area contributed by atoms with Crippen molar-refractivity contribution in [3.05, 3.63) is 87.3 Å². The van der Waals surface area contributed by atoms with Crippen molar-refractivity contribution in [3.8, 4) is 0 Å². The summed E-state index contributed by atoms with van der Waals surface area (Å²) in [5.74, 6) is 0. The van der Waals surface area contributed by atoms with Crippen LogP contribution in [-0.2, 0) is 37.0 Å². The van der Waals surface area contributed by atoms with Crippen LogP contribution in [0.15, 0.2) is 70.4 Å². The van der Waals surface area contributed by atoms with E-state index in [4.69, 9.17) is 11.6 Å². The van der Waals surface area contributed by atoms with E-state index in [1.54, 1.807) is 26.2 Å². The van der Waals surface area contributed by atoms with Gasteiger partial charge in [-0.1, -0.05) is 35.9 Å². The number of rotatable bonds is 6. The van der Waals surface area contributed by atoms with Gasteiger partial charge in [0.25, 0.3) is 0 Å². The van der Waals surface area contributed by atoms with Crippen LogP contribution in [0.1, 0.15) is 17.5 Å². The van der Waals surface area contributed by atoms with Gasteiger partial charge in [-0.15, -0.1) is 0 Å². The molecule has 2 heterocycles. The summed E-state index contributed by atoms with van der Waals surface area (Å²) in [5, 5.41) is 0.680. The Bertz CT molecular complexity index is 1590. The van der Waals surface area contributed by atoms with Crippen molar-refractivity contribution in [1.82, 2.24) is 13.9 Å². The summed E-state index contributed by atoms with van der Waals surface area (Å²) in [4.78, 5) is 14.6. The molecule has 1 aromatic heterocycles. The average Bonchev–Trinajstić information content (AvgIpc) is 2.98. The van der Waals surface area contributed by atoms with Crippen molar-refractivity contribution in [2.45, 2.75) is 24.2 Å². The number of nitrogens with zero attached hydrogens (tertiary/aromatic N) is 3. The minimum atomic E-state index is -3.72. The van der Waals surface area contributed by atoms with Gasteiger partial charge in [0.05, 0.1) is 15.9 Å². The number of anilines is 2. The normalized spacial score (nSPS) is 13.5. The van der Waals surface area contributed by atoms with E-state index >= 15 is 0 Å². The Morgan fingerprint density at radius 1 is 0.886 bits per heavy atom. The highest BCUT2D eigenvalue weighted by Gasteiger charge is 2.21. The van der Waals surface area contributed by atoms with Crippen LogP contribution in [0.4, 0.5) is 11.4 Å². The van der Waals surface area contributed by atoms with Gasteiger partial charge in [0.2, 0.25) is 10.0 Å². The molecule has 5 rings (SSSR count). The predicted molar refractivity (Wildman–Crippen MR) is 140 cm³/mol. The lowest BCUT2D eigenvalue weighted by Gasteiger charge is -2.27. The van der Waals surface area contributed by atoms with Crippen LogP contribution in [0.3, 0.4) is 0 Å². The summed E-state index contributed by atoms with van der Waals surface area (Å²) in [7, 11) is -0.418. The van der Waals surface area contributed by atoms with E-state index < -0.39 is 10.0 Å². The average molecular weight is 511 g/mol. The molecule has 1 aliphatic heterocycles. The summed E-state index contributed by atoms with van der Waals surface area (Å²) >= 11 is 6.33. The van der Waals surface area contributed by atoms with Crippen LogP contribution in [0.25, 0.3) is 11.0 Å². The number of halogens is 1. The van der Waals surface area contributed by atoms with E-state index in [2.05, 4.69) is 27.8 Å². The number of para-hydroxylation sites is 1. The van der Waals surface area contributed by atoms with Gasteiger partial charge in [-0.3, -0.25) is 9.13 Å². The SMILES string of the molecule is Cn1c(=O)n(C)c2cc(S(=O)(=O)NCCCN3c4ccccc4CCc4ccc(Cl)cc43)ccc21. The summed E-state index contributed by atoms with van der Waals surface area (Å²) < 4.78 is 31.7. The number of sulfonamides is 1. The van der Waals surface area contributed by atoms with Crippen LogP contribution >= 0.6 is 11.6 Å². The highest BCUT2D eigenvalue weighted by molar-refractivity contribution is 7.89. The Morgan fingerprint density at radius 3 is 2.40 bits per heavy atom. The maximum Gasteiger partial charge on any atom is 0.328 e. The molecule has 3 aromatic carbocycles. The first-order chi connectivity index (χ1) is 16.8. The molecule has 1 aliphatic rings. The fourth-order valence-corrected chi connectivity index (χ4v) is 6.07. The third kappa shape index (κ3) is 4.37. The fraction of sp³-hybridized carbons (Fsp3) is 0.269. The van der Waals surface area contributed by atoms with E-state index in [0.29, 0.717) is 29.0 Å². The lowest BCUT2D eigenvalue weighted by Crippen LogP contribution is -2.28. The molecule has 0 amide bonds. The Hall–Kier alpha value is -3.07. The number of aromatic nitrogens is 2. The van der Waals surface area contributed by atoms with Crippen molar-refractivity contribution < 1.29 is 8.42 Å². The number of imidazole rings is 1. The first-order valence-corrected chi connectivity index (χ1v) is 13.4. The first-order valence-electron chi connectivity index (χ1n) is 11.6. The minimum absolute atomic E-state index is 0.142. The summed E-state index contributed by atoms with van der Waals surface area (Å²) in [6, 6.07) is 19.1. The van der Waals surface area contributed by atoms with E-state index in [9.17, 15) is 13.2 Å². The molecule has 4 aromatic rings. The third-order valence-electron chi connectivity index (χ3n) is 6.69. The molecule has 182 valence electrons. The molecule has 0 saturated heterocycles. The molecular weight excluding hydrogens is 484 g/mol. The Balaban J connectivity index is 1.34. The molecule has 0 spiro atoms. The van der Waals surface area contributed by atoms with Crippen LogP contribution in [-0.4, -0.2) is 30.6 Å². The van der Waals surface area contributed by atoms with Gasteiger partial charge < -0.3 is 4.90 Å². The molecule has 0 aliphatic carbocycles. The number of benzene rings is 3. The second-order valence-electron chi connectivity index (χ2n) is 8.86. The zero-order chi connectivity index (χ0) is 24.7. The summed E-state index contributed by atoms with van der Waals surface area (Å²) in [6.07, 6.45) is 2.47. The van der Waals surface area contributed by atoms with Gasteiger partial charge in [0.1, 0.15) is 0 Å². The van der Waals surface area contributed by atoms with E-state index in [0.717, 1.165) is 24.2 Å². The fourth-order valence-electron chi connectivity index (χ4n) is 4.81. The minimum Gasteiger partial charge on any atom is -0.341 e. The van der Waals surface area contributed by atoms with Crippen molar-refractivity contribution >= 4 is 44.0 Å². The van der Waals surface area contributed by atoms with Crippen LogP contribution in [0.2, 0.25) is 5.02 Å². The molecule has 7 nitrogen and oxygen atoms in total.